The summed E-state index contributed by atoms with van der Waals surface area (Å²) in [5.41, 5.74) is 0.0917. The molecule has 0 fully saturated rings. The maximum Gasteiger partial charge on any atom is 0.573 e. The standard InChI is InChI=1S/C14H8F6O2/c15-13(16,17)21-11-8-4-7-10(9-5-2-1-3-6-9)12(11)22-14(18,19)20/h1-8H. The van der Waals surface area contributed by atoms with Crippen LogP contribution in [0.5, 0.6) is 11.5 Å². The second kappa shape index (κ2) is 5.78. The number of ether oxygens (including phenoxy) is 2. The highest BCUT2D eigenvalue weighted by Crippen LogP contribution is 2.42. The van der Waals surface area contributed by atoms with E-state index >= 15 is 0 Å². The van der Waals surface area contributed by atoms with Crippen molar-refractivity contribution in [3.63, 3.8) is 0 Å². The van der Waals surface area contributed by atoms with E-state index in [4.69, 9.17) is 0 Å². The van der Waals surface area contributed by atoms with Gasteiger partial charge in [-0.25, -0.2) is 0 Å². The van der Waals surface area contributed by atoms with Crippen LogP contribution < -0.4 is 9.47 Å². The Bertz CT molecular complexity index is 634. The van der Waals surface area contributed by atoms with E-state index in [2.05, 4.69) is 9.47 Å². The smallest absolute Gasteiger partial charge is 0.402 e. The van der Waals surface area contributed by atoms with Gasteiger partial charge in [0.1, 0.15) is 0 Å². The lowest BCUT2D eigenvalue weighted by Crippen LogP contribution is -2.21. The van der Waals surface area contributed by atoms with E-state index in [1.54, 1.807) is 6.07 Å². The summed E-state index contributed by atoms with van der Waals surface area (Å²) in [6.07, 6.45) is -10.3. The van der Waals surface area contributed by atoms with Gasteiger partial charge in [0.25, 0.3) is 0 Å². The second-order valence-electron chi connectivity index (χ2n) is 4.09. The van der Waals surface area contributed by atoms with E-state index in [1.165, 1.54) is 30.3 Å². The highest BCUT2D eigenvalue weighted by molar-refractivity contribution is 5.73. The molecular formula is C14H8F6O2. The number of alkyl halides is 6. The van der Waals surface area contributed by atoms with Gasteiger partial charge in [0.2, 0.25) is 0 Å². The molecule has 2 aromatic rings. The predicted molar refractivity (Wildman–Crippen MR) is 65.2 cm³/mol. The lowest BCUT2D eigenvalue weighted by atomic mass is 10.0. The van der Waals surface area contributed by atoms with Crippen molar-refractivity contribution in [1.29, 1.82) is 0 Å². The number of benzene rings is 2. The predicted octanol–water partition coefficient (Wildman–Crippen LogP) is 5.15. The fourth-order valence-electron chi connectivity index (χ4n) is 1.79. The maximum atomic E-state index is 12.5. The topological polar surface area (TPSA) is 18.5 Å². The third-order valence-electron chi connectivity index (χ3n) is 2.51. The Labute approximate surface area is 120 Å². The normalized spacial score (nSPS) is 12.1. The van der Waals surface area contributed by atoms with Crippen LogP contribution in [0, 0.1) is 0 Å². The van der Waals surface area contributed by atoms with Crippen LogP contribution in [-0.2, 0) is 0 Å². The van der Waals surface area contributed by atoms with Gasteiger partial charge in [-0.3, -0.25) is 0 Å². The molecule has 0 aliphatic carbocycles. The minimum atomic E-state index is -5.16. The molecule has 0 atom stereocenters. The first kappa shape index (κ1) is 16.0. The number of hydrogen-bond acceptors (Lipinski definition) is 2. The Morgan fingerprint density at radius 3 is 1.77 bits per heavy atom. The number of halogens is 6. The van der Waals surface area contributed by atoms with Crippen molar-refractivity contribution in [1.82, 2.24) is 0 Å². The molecule has 0 N–H and O–H groups in total. The van der Waals surface area contributed by atoms with E-state index in [0.29, 0.717) is 0 Å². The monoisotopic (exact) mass is 322 g/mol. The van der Waals surface area contributed by atoms with Crippen LogP contribution >= 0.6 is 0 Å². The number of hydrogen-bond donors (Lipinski definition) is 0. The van der Waals surface area contributed by atoms with Gasteiger partial charge in [-0.1, -0.05) is 42.5 Å². The Morgan fingerprint density at radius 1 is 0.636 bits per heavy atom. The molecular weight excluding hydrogens is 314 g/mol. The molecule has 0 aliphatic heterocycles. The molecule has 0 saturated carbocycles. The minimum Gasteiger partial charge on any atom is -0.402 e. The molecule has 0 amide bonds. The summed E-state index contributed by atoms with van der Waals surface area (Å²) in [6, 6.07) is 10.7. The molecule has 0 aliphatic rings. The highest BCUT2D eigenvalue weighted by Gasteiger charge is 2.37. The van der Waals surface area contributed by atoms with E-state index in [0.717, 1.165) is 12.1 Å². The summed E-state index contributed by atoms with van der Waals surface area (Å²) >= 11 is 0. The second-order valence-corrected chi connectivity index (χ2v) is 4.09. The minimum absolute atomic E-state index is 0.167. The number of para-hydroxylation sites is 1. The van der Waals surface area contributed by atoms with Gasteiger partial charge in [-0.2, -0.15) is 0 Å². The Hall–Kier alpha value is -2.38. The largest absolute Gasteiger partial charge is 0.573 e. The van der Waals surface area contributed by atoms with Crippen molar-refractivity contribution in [2.45, 2.75) is 12.7 Å². The van der Waals surface area contributed by atoms with Gasteiger partial charge in [-0.15, -0.1) is 26.3 Å². The first-order chi connectivity index (χ1) is 10.2. The number of rotatable bonds is 3. The molecule has 2 rings (SSSR count). The summed E-state index contributed by atoms with van der Waals surface area (Å²) in [6.45, 7) is 0. The quantitative estimate of drug-likeness (QED) is 0.728. The average Bonchev–Trinajstić information content (AvgIpc) is 2.38. The maximum absolute atomic E-state index is 12.5. The van der Waals surface area contributed by atoms with Crippen LogP contribution in [0.15, 0.2) is 48.5 Å². The molecule has 0 spiro atoms. The Morgan fingerprint density at radius 2 is 1.23 bits per heavy atom. The molecule has 0 aromatic heterocycles. The fourth-order valence-corrected chi connectivity index (χ4v) is 1.79. The van der Waals surface area contributed by atoms with Gasteiger partial charge in [0.05, 0.1) is 0 Å². The van der Waals surface area contributed by atoms with Gasteiger partial charge >= 0.3 is 12.7 Å². The lowest BCUT2D eigenvalue weighted by molar-refractivity contribution is -0.287. The SMILES string of the molecule is FC(F)(F)Oc1cccc(-c2ccccc2)c1OC(F)(F)F. The summed E-state index contributed by atoms with van der Waals surface area (Å²) in [4.78, 5) is 0. The molecule has 0 unspecified atom stereocenters. The van der Waals surface area contributed by atoms with Crippen LogP contribution in [0.1, 0.15) is 0 Å². The zero-order chi connectivity index (χ0) is 16.4. The van der Waals surface area contributed by atoms with Gasteiger partial charge in [0, 0.05) is 5.56 Å². The van der Waals surface area contributed by atoms with Gasteiger partial charge in [0.15, 0.2) is 11.5 Å². The Kier molecular flexibility index (Phi) is 4.20. The van der Waals surface area contributed by atoms with E-state index in [1.807, 2.05) is 0 Å². The van der Waals surface area contributed by atoms with Crippen LogP contribution in [0.2, 0.25) is 0 Å². The summed E-state index contributed by atoms with van der Waals surface area (Å²) in [5, 5.41) is 0. The van der Waals surface area contributed by atoms with Crippen LogP contribution in [0.25, 0.3) is 11.1 Å². The van der Waals surface area contributed by atoms with Crippen molar-refractivity contribution >= 4 is 0 Å². The molecule has 0 heterocycles. The van der Waals surface area contributed by atoms with E-state index in [-0.39, 0.29) is 11.1 Å². The van der Waals surface area contributed by atoms with E-state index < -0.39 is 24.2 Å². The first-order valence-corrected chi connectivity index (χ1v) is 5.86. The third kappa shape index (κ3) is 4.31. The average molecular weight is 322 g/mol. The molecule has 22 heavy (non-hydrogen) atoms. The molecule has 8 heteroatoms. The van der Waals surface area contributed by atoms with Crippen molar-refractivity contribution in [3.05, 3.63) is 48.5 Å². The van der Waals surface area contributed by atoms with Crippen LogP contribution in [0.4, 0.5) is 26.3 Å². The zero-order valence-corrected chi connectivity index (χ0v) is 10.7. The third-order valence-corrected chi connectivity index (χ3v) is 2.51. The molecule has 118 valence electrons. The van der Waals surface area contributed by atoms with Crippen molar-refractivity contribution in [2.75, 3.05) is 0 Å². The van der Waals surface area contributed by atoms with Crippen LogP contribution in [-0.4, -0.2) is 12.7 Å². The van der Waals surface area contributed by atoms with Gasteiger partial charge in [-0.05, 0) is 11.6 Å². The molecule has 0 saturated heterocycles. The molecule has 2 nitrogen and oxygen atoms in total. The molecule has 2 aromatic carbocycles. The summed E-state index contributed by atoms with van der Waals surface area (Å²) in [5.74, 6) is -2.11. The van der Waals surface area contributed by atoms with Gasteiger partial charge < -0.3 is 9.47 Å². The molecule has 0 radical (unpaired) electrons. The highest BCUT2D eigenvalue weighted by atomic mass is 19.4. The fraction of sp³-hybridized carbons (Fsp3) is 0.143. The van der Waals surface area contributed by atoms with Crippen molar-refractivity contribution in [3.8, 4) is 22.6 Å². The lowest BCUT2D eigenvalue weighted by Gasteiger charge is -2.18. The van der Waals surface area contributed by atoms with Crippen molar-refractivity contribution < 1.29 is 35.8 Å². The van der Waals surface area contributed by atoms with Crippen molar-refractivity contribution in [2.24, 2.45) is 0 Å². The Balaban J connectivity index is 2.56. The van der Waals surface area contributed by atoms with E-state index in [9.17, 15) is 26.3 Å². The van der Waals surface area contributed by atoms with Crippen LogP contribution in [0.3, 0.4) is 0 Å². The summed E-state index contributed by atoms with van der Waals surface area (Å²) < 4.78 is 81.8. The zero-order valence-electron chi connectivity index (χ0n) is 10.7. The molecule has 0 bridgehead atoms. The first-order valence-electron chi connectivity index (χ1n) is 5.86. The summed E-state index contributed by atoms with van der Waals surface area (Å²) in [7, 11) is 0.